The van der Waals surface area contributed by atoms with Crippen LogP contribution in [0.1, 0.15) is 50.1 Å². The Kier molecular flexibility index (Phi) is 6.09. The Hall–Kier alpha value is -2.98. The van der Waals surface area contributed by atoms with E-state index in [1.807, 2.05) is 37.3 Å². The number of benzene rings is 1. The molecule has 160 valence electrons. The number of carbonyl (C=O) groups excluding carboxylic acids is 1. The lowest BCUT2D eigenvalue weighted by atomic mass is 10.1. The first-order chi connectivity index (χ1) is 14.0. The molecule has 0 aliphatic rings. The first kappa shape index (κ1) is 21.7. The average molecular weight is 433 g/mol. The summed E-state index contributed by atoms with van der Waals surface area (Å²) in [6, 6.07) is 12.0. The SMILES string of the molecule is C[C@H](CNC(=O)c1ccc(S(=O)(=O)NC(C)(C)C)o1)c1nc(-c2ccccc2)no1. The number of nitrogens with zero attached hydrogens (tertiary/aromatic N) is 2. The van der Waals surface area contributed by atoms with Crippen molar-refractivity contribution in [3.05, 3.63) is 54.1 Å². The van der Waals surface area contributed by atoms with Gasteiger partial charge in [0.25, 0.3) is 15.9 Å². The van der Waals surface area contributed by atoms with Crippen LogP contribution in [-0.4, -0.2) is 36.5 Å². The first-order valence-corrected chi connectivity index (χ1v) is 10.8. The highest BCUT2D eigenvalue weighted by molar-refractivity contribution is 7.89. The number of furan rings is 1. The van der Waals surface area contributed by atoms with Crippen molar-refractivity contribution in [1.29, 1.82) is 0 Å². The highest BCUT2D eigenvalue weighted by Crippen LogP contribution is 2.20. The molecule has 0 fully saturated rings. The molecule has 2 heterocycles. The van der Waals surface area contributed by atoms with Gasteiger partial charge in [0.05, 0.1) is 5.92 Å². The molecule has 2 aromatic heterocycles. The van der Waals surface area contributed by atoms with Crippen molar-refractivity contribution in [2.75, 3.05) is 6.54 Å². The number of carbonyl (C=O) groups is 1. The summed E-state index contributed by atoms with van der Waals surface area (Å²) in [6.07, 6.45) is 0. The van der Waals surface area contributed by atoms with E-state index >= 15 is 0 Å². The van der Waals surface area contributed by atoms with Crippen molar-refractivity contribution in [3.63, 3.8) is 0 Å². The van der Waals surface area contributed by atoms with Gasteiger partial charge in [-0.1, -0.05) is 42.4 Å². The zero-order valence-corrected chi connectivity index (χ0v) is 18.0. The van der Waals surface area contributed by atoms with E-state index in [9.17, 15) is 13.2 Å². The van der Waals surface area contributed by atoms with Gasteiger partial charge in [-0.15, -0.1) is 0 Å². The molecule has 0 saturated heterocycles. The highest BCUT2D eigenvalue weighted by Gasteiger charge is 2.26. The molecule has 0 aliphatic carbocycles. The Bertz CT molecular complexity index is 1110. The fourth-order valence-electron chi connectivity index (χ4n) is 2.60. The summed E-state index contributed by atoms with van der Waals surface area (Å²) in [5, 5.41) is 6.33. The normalized spacial score (nSPS) is 13.2. The van der Waals surface area contributed by atoms with Gasteiger partial charge in [-0.2, -0.15) is 4.98 Å². The minimum atomic E-state index is -3.86. The summed E-state index contributed by atoms with van der Waals surface area (Å²) in [4.78, 5) is 16.7. The smallest absolute Gasteiger partial charge is 0.287 e. The Morgan fingerprint density at radius 3 is 2.50 bits per heavy atom. The van der Waals surface area contributed by atoms with Gasteiger partial charge in [0.2, 0.25) is 16.8 Å². The summed E-state index contributed by atoms with van der Waals surface area (Å²) in [5.41, 5.74) is 0.156. The molecule has 9 nitrogen and oxygen atoms in total. The molecule has 0 bridgehead atoms. The maximum Gasteiger partial charge on any atom is 0.287 e. The number of nitrogens with one attached hydrogen (secondary N) is 2. The molecule has 0 saturated carbocycles. The van der Waals surface area contributed by atoms with E-state index in [-0.39, 0.29) is 23.3 Å². The monoisotopic (exact) mass is 432 g/mol. The Balaban J connectivity index is 1.61. The number of sulfonamides is 1. The van der Waals surface area contributed by atoms with Gasteiger partial charge in [-0.3, -0.25) is 4.79 Å². The standard InChI is InChI=1S/C20H24N4O5S/c1-13(19-22-17(23-29-19)14-8-6-5-7-9-14)12-21-18(25)15-10-11-16(28-15)30(26,27)24-20(2,3)4/h5-11,13,24H,12H2,1-4H3,(H,21,25)/t13-/m1/s1. The van der Waals surface area contributed by atoms with Crippen LogP contribution >= 0.6 is 0 Å². The molecule has 3 rings (SSSR count). The second-order valence-electron chi connectivity index (χ2n) is 7.91. The number of amides is 1. The molecular formula is C20H24N4O5S. The van der Waals surface area contributed by atoms with Gasteiger partial charge < -0.3 is 14.3 Å². The molecule has 0 unspecified atom stereocenters. The first-order valence-electron chi connectivity index (χ1n) is 9.36. The second-order valence-corrected chi connectivity index (χ2v) is 9.52. The second kappa shape index (κ2) is 8.41. The van der Waals surface area contributed by atoms with E-state index in [1.54, 1.807) is 20.8 Å². The molecule has 10 heteroatoms. The lowest BCUT2D eigenvalue weighted by Crippen LogP contribution is -2.40. The van der Waals surface area contributed by atoms with Crippen LogP contribution in [0.15, 0.2) is 56.5 Å². The Labute approximate surface area is 174 Å². The Morgan fingerprint density at radius 1 is 1.13 bits per heavy atom. The van der Waals surface area contributed by atoms with Crippen molar-refractivity contribution in [2.45, 2.75) is 44.2 Å². The molecule has 0 aliphatic heterocycles. The van der Waals surface area contributed by atoms with Crippen LogP contribution in [0.5, 0.6) is 0 Å². The molecule has 1 atom stereocenters. The summed E-state index contributed by atoms with van der Waals surface area (Å²) >= 11 is 0. The maximum absolute atomic E-state index is 12.3. The summed E-state index contributed by atoms with van der Waals surface area (Å²) in [5.74, 6) is -0.0456. The lowest BCUT2D eigenvalue weighted by molar-refractivity contribution is 0.0917. The van der Waals surface area contributed by atoms with Crippen LogP contribution in [0.3, 0.4) is 0 Å². The van der Waals surface area contributed by atoms with Crippen molar-refractivity contribution < 1.29 is 22.2 Å². The third-order valence-electron chi connectivity index (χ3n) is 3.97. The van der Waals surface area contributed by atoms with Gasteiger partial charge in [-0.25, -0.2) is 13.1 Å². The molecule has 1 amide bonds. The zero-order chi connectivity index (χ0) is 21.9. The Morgan fingerprint density at radius 2 is 1.83 bits per heavy atom. The average Bonchev–Trinajstić information content (AvgIpc) is 3.35. The predicted molar refractivity (Wildman–Crippen MR) is 109 cm³/mol. The van der Waals surface area contributed by atoms with Crippen molar-refractivity contribution in [1.82, 2.24) is 20.2 Å². The summed E-state index contributed by atoms with van der Waals surface area (Å²) in [7, 11) is -3.86. The molecular weight excluding hydrogens is 408 g/mol. The van der Waals surface area contributed by atoms with Crippen LogP contribution in [0.25, 0.3) is 11.4 Å². The van der Waals surface area contributed by atoms with Crippen molar-refractivity contribution >= 4 is 15.9 Å². The number of rotatable bonds is 7. The highest BCUT2D eigenvalue weighted by atomic mass is 32.2. The number of hydrogen-bond donors (Lipinski definition) is 2. The molecule has 1 aromatic carbocycles. The van der Waals surface area contributed by atoms with Crippen molar-refractivity contribution in [2.24, 2.45) is 0 Å². The van der Waals surface area contributed by atoms with E-state index in [2.05, 4.69) is 20.2 Å². The third kappa shape index (κ3) is 5.33. The van der Waals surface area contributed by atoms with Gasteiger partial charge in [0.1, 0.15) is 0 Å². The van der Waals surface area contributed by atoms with Crippen LogP contribution < -0.4 is 10.0 Å². The molecule has 0 spiro atoms. The van der Waals surface area contributed by atoms with Gasteiger partial charge in [-0.05, 0) is 32.9 Å². The quantitative estimate of drug-likeness (QED) is 0.587. The largest absolute Gasteiger partial charge is 0.438 e. The van der Waals surface area contributed by atoms with Gasteiger partial charge >= 0.3 is 0 Å². The zero-order valence-electron chi connectivity index (χ0n) is 17.2. The van der Waals surface area contributed by atoms with E-state index in [4.69, 9.17) is 8.94 Å². The predicted octanol–water partition coefficient (Wildman–Crippen LogP) is 2.94. The van der Waals surface area contributed by atoms with Crippen molar-refractivity contribution in [3.8, 4) is 11.4 Å². The minimum Gasteiger partial charge on any atom is -0.438 e. The fourth-order valence-corrected chi connectivity index (χ4v) is 3.95. The molecule has 0 radical (unpaired) electrons. The summed E-state index contributed by atoms with van der Waals surface area (Å²) < 4.78 is 37.6. The van der Waals surface area contributed by atoms with Crippen LogP contribution in [-0.2, 0) is 10.0 Å². The van der Waals surface area contributed by atoms with E-state index in [0.29, 0.717) is 11.7 Å². The lowest BCUT2D eigenvalue weighted by Gasteiger charge is -2.18. The maximum atomic E-state index is 12.3. The van der Waals surface area contributed by atoms with Crippen LogP contribution in [0.4, 0.5) is 0 Å². The summed E-state index contributed by atoms with van der Waals surface area (Å²) in [6.45, 7) is 7.17. The third-order valence-corrected chi connectivity index (χ3v) is 5.60. The van der Waals surface area contributed by atoms with E-state index in [1.165, 1.54) is 12.1 Å². The van der Waals surface area contributed by atoms with Gasteiger partial charge in [0, 0.05) is 17.6 Å². The van der Waals surface area contributed by atoms with Gasteiger partial charge in [0.15, 0.2) is 5.76 Å². The van der Waals surface area contributed by atoms with E-state index in [0.717, 1.165) is 5.56 Å². The molecule has 3 aromatic rings. The molecule has 2 N–H and O–H groups in total. The van der Waals surface area contributed by atoms with Crippen LogP contribution in [0, 0.1) is 0 Å². The fraction of sp³-hybridized carbons (Fsp3) is 0.350. The topological polar surface area (TPSA) is 127 Å². The van der Waals surface area contributed by atoms with E-state index < -0.39 is 21.5 Å². The molecule has 30 heavy (non-hydrogen) atoms. The number of aromatic nitrogens is 2. The minimum absolute atomic E-state index is 0.105. The number of hydrogen-bond acceptors (Lipinski definition) is 7. The van der Waals surface area contributed by atoms with Crippen LogP contribution in [0.2, 0.25) is 0 Å².